The minimum absolute atomic E-state index is 0.0837. The summed E-state index contributed by atoms with van der Waals surface area (Å²) in [5, 5.41) is 7.89. The predicted molar refractivity (Wildman–Crippen MR) is 194 cm³/mol. The molecule has 2 nitrogen and oxygen atoms in total. The molecule has 1 aliphatic heterocycles. The Morgan fingerprint density at radius 3 is 2.36 bits per heavy atom. The van der Waals surface area contributed by atoms with Crippen molar-refractivity contribution in [3.05, 3.63) is 127 Å². The molecule has 1 aliphatic carbocycles. The highest BCUT2D eigenvalue weighted by Gasteiger charge is 2.38. The molecule has 0 spiro atoms. The molecule has 2 aliphatic rings. The second-order valence-corrected chi connectivity index (χ2v) is 14.2. The third kappa shape index (κ3) is 2.88. The molecule has 0 amide bonds. The maximum absolute atomic E-state index is 4.00. The van der Waals surface area contributed by atoms with Crippen molar-refractivity contribution in [2.75, 3.05) is 0 Å². The van der Waals surface area contributed by atoms with Crippen molar-refractivity contribution >= 4 is 82.4 Å². The third-order valence-corrected chi connectivity index (χ3v) is 11.7. The van der Waals surface area contributed by atoms with Gasteiger partial charge in [0.15, 0.2) is 7.28 Å². The van der Waals surface area contributed by atoms with Crippen LogP contribution in [0.3, 0.4) is 0 Å². The van der Waals surface area contributed by atoms with Crippen LogP contribution in [0.2, 0.25) is 0 Å². The molecule has 0 unspecified atom stereocenters. The van der Waals surface area contributed by atoms with Gasteiger partial charge in [-0.1, -0.05) is 122 Å². The van der Waals surface area contributed by atoms with Crippen LogP contribution >= 0.6 is 11.3 Å². The number of rotatable bonds is 1. The van der Waals surface area contributed by atoms with Gasteiger partial charge in [-0.25, -0.2) is 0 Å². The summed E-state index contributed by atoms with van der Waals surface area (Å²) in [5.41, 5.74) is 14.2. The van der Waals surface area contributed by atoms with Gasteiger partial charge in [0.05, 0.1) is 5.52 Å². The third-order valence-electron chi connectivity index (χ3n) is 10.5. The van der Waals surface area contributed by atoms with Crippen molar-refractivity contribution in [2.24, 2.45) is 0 Å². The van der Waals surface area contributed by atoms with Crippen LogP contribution in [0.5, 0.6) is 0 Å². The Morgan fingerprint density at radius 1 is 0.689 bits per heavy atom. The lowest BCUT2D eigenvalue weighted by atomic mass is 9.58. The number of hydrogen-bond acceptors (Lipinski definition) is 1. The first-order valence-electron chi connectivity index (χ1n) is 15.7. The molecule has 0 atom stereocenters. The molecule has 4 heteroatoms. The highest BCUT2D eigenvalue weighted by atomic mass is 32.1. The summed E-state index contributed by atoms with van der Waals surface area (Å²) in [6.07, 6.45) is 0. The number of nitrogens with one attached hydrogen (secondary N) is 1. The number of aromatic amines is 1. The van der Waals surface area contributed by atoms with Crippen molar-refractivity contribution < 1.29 is 0 Å². The van der Waals surface area contributed by atoms with Crippen LogP contribution in [0.25, 0.3) is 80.8 Å². The van der Waals surface area contributed by atoms with E-state index in [1.54, 1.807) is 0 Å². The van der Waals surface area contributed by atoms with E-state index < -0.39 is 0 Å². The number of benzene rings is 6. The molecule has 0 bridgehead atoms. The minimum atomic E-state index is -0.0837. The van der Waals surface area contributed by atoms with Gasteiger partial charge in [-0.3, -0.25) is 0 Å². The largest absolute Gasteiger partial charge is 0.357 e. The Bertz CT molecular complexity index is 2770. The fourth-order valence-electron chi connectivity index (χ4n) is 8.58. The Kier molecular flexibility index (Phi) is 4.40. The van der Waals surface area contributed by atoms with E-state index in [-0.39, 0.29) is 5.41 Å². The topological polar surface area (TPSA) is 20.7 Å². The van der Waals surface area contributed by atoms with Gasteiger partial charge in [-0.15, -0.1) is 11.3 Å². The first kappa shape index (κ1) is 24.3. The lowest BCUT2D eigenvalue weighted by Crippen LogP contribution is -2.37. The van der Waals surface area contributed by atoms with E-state index in [1.165, 1.54) is 103 Å². The average molecular weight is 590 g/mol. The van der Waals surface area contributed by atoms with Gasteiger partial charge >= 0.3 is 0 Å². The molecule has 1 radical (unpaired) electrons. The molecule has 4 heterocycles. The maximum Gasteiger partial charge on any atom is 0.197 e. The molecular weight excluding hydrogens is 563 g/mol. The van der Waals surface area contributed by atoms with Crippen LogP contribution < -0.4 is 10.9 Å². The Morgan fingerprint density at radius 2 is 1.42 bits per heavy atom. The zero-order valence-electron chi connectivity index (χ0n) is 24.9. The SMILES string of the molecule is CC1(C)c2ccccc2-c2c1[nH]c1c(-c3cc4ccccc4c4c3[B]c3cccc5c6c7ccccc7sc6n-4c35)cccc21. The van der Waals surface area contributed by atoms with E-state index in [0.717, 1.165) is 0 Å². The van der Waals surface area contributed by atoms with Crippen LogP contribution in [0.15, 0.2) is 115 Å². The molecular formula is C41H26BN2S. The highest BCUT2D eigenvalue weighted by molar-refractivity contribution is 7.25. The molecule has 9 aromatic rings. The number of para-hydroxylation sites is 2. The molecule has 0 saturated heterocycles. The summed E-state index contributed by atoms with van der Waals surface area (Å²) >= 11 is 1.91. The zero-order chi connectivity index (χ0) is 29.6. The molecule has 6 aromatic carbocycles. The van der Waals surface area contributed by atoms with Gasteiger partial charge in [-0.2, -0.15) is 0 Å². The second-order valence-electron chi connectivity index (χ2n) is 13.2. The molecule has 3 aromatic heterocycles. The number of H-pyrrole nitrogens is 1. The quantitative estimate of drug-likeness (QED) is 0.184. The monoisotopic (exact) mass is 589 g/mol. The second kappa shape index (κ2) is 8.15. The molecule has 45 heavy (non-hydrogen) atoms. The lowest BCUT2D eigenvalue weighted by molar-refractivity contribution is 0.642. The summed E-state index contributed by atoms with van der Waals surface area (Å²) in [5.74, 6) is 0. The number of thiophene rings is 1. The fourth-order valence-corrected chi connectivity index (χ4v) is 9.81. The van der Waals surface area contributed by atoms with Gasteiger partial charge in [0.25, 0.3) is 0 Å². The van der Waals surface area contributed by atoms with Gasteiger partial charge in [-0.05, 0) is 39.7 Å². The summed E-state index contributed by atoms with van der Waals surface area (Å²) < 4.78 is 3.92. The van der Waals surface area contributed by atoms with Gasteiger partial charge in [0.2, 0.25) is 0 Å². The van der Waals surface area contributed by atoms with Gasteiger partial charge < -0.3 is 9.55 Å². The maximum atomic E-state index is 4.00. The van der Waals surface area contributed by atoms with E-state index >= 15 is 0 Å². The number of aromatic nitrogens is 2. The fraction of sp³-hybridized carbons (Fsp3) is 0.0732. The molecule has 1 N–H and O–H groups in total. The molecule has 11 rings (SSSR count). The normalized spacial score (nSPS) is 14.4. The predicted octanol–water partition coefficient (Wildman–Crippen LogP) is 9.57. The van der Waals surface area contributed by atoms with Crippen LogP contribution in [0, 0.1) is 0 Å². The Balaban J connectivity index is 1.28. The van der Waals surface area contributed by atoms with Crippen LogP contribution in [0.4, 0.5) is 0 Å². The molecule has 0 saturated carbocycles. The first-order valence-corrected chi connectivity index (χ1v) is 16.5. The smallest absolute Gasteiger partial charge is 0.197 e. The van der Waals surface area contributed by atoms with Gasteiger partial charge in [0.1, 0.15) is 4.83 Å². The first-order chi connectivity index (χ1) is 22.1. The van der Waals surface area contributed by atoms with E-state index in [2.05, 4.69) is 146 Å². The molecule has 0 fully saturated rings. The van der Waals surface area contributed by atoms with E-state index in [4.69, 9.17) is 0 Å². The average Bonchev–Trinajstić information content (AvgIpc) is 3.79. The lowest BCUT2D eigenvalue weighted by Gasteiger charge is -2.25. The summed E-state index contributed by atoms with van der Waals surface area (Å²) in [4.78, 5) is 5.32. The number of fused-ring (bicyclic) bond motifs is 14. The number of hydrogen-bond donors (Lipinski definition) is 1. The minimum Gasteiger partial charge on any atom is -0.357 e. The van der Waals surface area contributed by atoms with Crippen molar-refractivity contribution in [1.82, 2.24) is 9.55 Å². The standard InChI is InChI=1S/C41H26BN2S/c1-41(2)30-18-7-5-13-25(30)33-27-16-9-15-24(36(27)43-39(33)41)29-21-22-11-3-4-12-23(22)38-35(29)42-31-19-10-17-28-34-26-14-6-8-20-32(26)45-40(34)44(38)37(28)31/h3-21,43H,1-2H3. The van der Waals surface area contributed by atoms with E-state index in [9.17, 15) is 0 Å². The van der Waals surface area contributed by atoms with Gasteiger partial charge in [0, 0.05) is 65.1 Å². The summed E-state index contributed by atoms with van der Waals surface area (Å²) in [6.45, 7) is 4.70. The zero-order valence-corrected chi connectivity index (χ0v) is 25.7. The van der Waals surface area contributed by atoms with Crippen molar-refractivity contribution in [1.29, 1.82) is 0 Å². The number of nitrogens with zero attached hydrogens (tertiary/aromatic N) is 1. The van der Waals surface area contributed by atoms with Crippen molar-refractivity contribution in [2.45, 2.75) is 19.3 Å². The van der Waals surface area contributed by atoms with Crippen LogP contribution in [-0.2, 0) is 5.41 Å². The van der Waals surface area contributed by atoms with Crippen LogP contribution in [-0.4, -0.2) is 16.8 Å². The van der Waals surface area contributed by atoms with Crippen LogP contribution in [0.1, 0.15) is 25.1 Å². The van der Waals surface area contributed by atoms with E-state index in [0.29, 0.717) is 0 Å². The Labute approximate surface area is 264 Å². The Hall–Kier alpha value is -5.06. The van der Waals surface area contributed by atoms with Crippen molar-refractivity contribution in [3.8, 4) is 27.9 Å². The van der Waals surface area contributed by atoms with Crippen molar-refractivity contribution in [3.63, 3.8) is 0 Å². The highest BCUT2D eigenvalue weighted by Crippen LogP contribution is 2.52. The summed E-state index contributed by atoms with van der Waals surface area (Å²) in [7, 11) is 2.44. The summed E-state index contributed by atoms with van der Waals surface area (Å²) in [6, 6.07) is 42.8. The molecule has 209 valence electrons. The van der Waals surface area contributed by atoms with E-state index in [1.807, 2.05) is 11.3 Å².